The van der Waals surface area contributed by atoms with E-state index < -0.39 is 97.5 Å². The number of hydrogen-bond acceptors (Lipinski definition) is 15. The highest BCUT2D eigenvalue weighted by atomic mass is 31.2. The molecule has 3 N–H and O–H groups in total. The average molecular weight is 1330 g/mol. The van der Waals surface area contributed by atoms with E-state index in [1.165, 1.54) is 167 Å². The lowest BCUT2D eigenvalue weighted by Crippen LogP contribution is -2.30. The van der Waals surface area contributed by atoms with Crippen LogP contribution in [0.2, 0.25) is 0 Å². The molecule has 0 fully saturated rings. The summed E-state index contributed by atoms with van der Waals surface area (Å²) in [6.07, 6.45) is 49.0. The minimum absolute atomic E-state index is 0.102. The molecule has 0 aromatic carbocycles. The number of aliphatic hydroxyl groups is 1. The van der Waals surface area contributed by atoms with Gasteiger partial charge in [0.05, 0.1) is 26.4 Å². The molecular formula is C71H138O17P2. The predicted octanol–water partition coefficient (Wildman–Crippen LogP) is 20.4. The summed E-state index contributed by atoms with van der Waals surface area (Å²) < 4.78 is 68.2. The summed E-state index contributed by atoms with van der Waals surface area (Å²) in [7, 11) is -9.89. The van der Waals surface area contributed by atoms with E-state index in [1.807, 2.05) is 0 Å². The van der Waals surface area contributed by atoms with Crippen LogP contribution in [-0.4, -0.2) is 96.7 Å². The minimum Gasteiger partial charge on any atom is -0.462 e. The van der Waals surface area contributed by atoms with E-state index in [-0.39, 0.29) is 25.7 Å². The van der Waals surface area contributed by atoms with E-state index >= 15 is 0 Å². The fourth-order valence-corrected chi connectivity index (χ4v) is 12.3. The molecule has 0 aliphatic rings. The number of aliphatic hydroxyl groups excluding tert-OH is 1. The molecule has 0 saturated heterocycles. The Balaban J connectivity index is 5.18. The van der Waals surface area contributed by atoms with Crippen molar-refractivity contribution in [3.63, 3.8) is 0 Å². The third-order valence-electron chi connectivity index (χ3n) is 16.5. The van der Waals surface area contributed by atoms with Crippen molar-refractivity contribution >= 4 is 39.5 Å². The maximum atomic E-state index is 13.0. The Labute approximate surface area is 549 Å². The van der Waals surface area contributed by atoms with Crippen LogP contribution in [-0.2, 0) is 65.4 Å². The monoisotopic (exact) mass is 1320 g/mol. The quantitative estimate of drug-likeness (QED) is 0.0222. The van der Waals surface area contributed by atoms with Gasteiger partial charge in [-0.15, -0.1) is 0 Å². The average Bonchev–Trinajstić information content (AvgIpc) is 3.45. The number of carbonyl (C=O) groups excluding carboxylic acids is 4. The number of rotatable bonds is 70. The van der Waals surface area contributed by atoms with Gasteiger partial charge >= 0.3 is 39.5 Å². The molecule has 0 aromatic heterocycles. The minimum atomic E-state index is -4.95. The Kier molecular flexibility index (Phi) is 61.8. The van der Waals surface area contributed by atoms with Gasteiger partial charge in [0.25, 0.3) is 0 Å². The Bertz CT molecular complexity index is 1750. The van der Waals surface area contributed by atoms with Crippen LogP contribution in [0.15, 0.2) is 0 Å². The molecule has 0 heterocycles. The van der Waals surface area contributed by atoms with Crippen molar-refractivity contribution in [1.82, 2.24) is 0 Å². The van der Waals surface area contributed by atoms with E-state index in [1.54, 1.807) is 0 Å². The molecule has 0 bridgehead atoms. The maximum Gasteiger partial charge on any atom is 0.472 e. The van der Waals surface area contributed by atoms with Crippen molar-refractivity contribution < 1.29 is 80.2 Å². The molecule has 0 rings (SSSR count). The first kappa shape index (κ1) is 88.1. The molecule has 19 heteroatoms. The van der Waals surface area contributed by atoms with E-state index in [0.717, 1.165) is 109 Å². The number of esters is 4. The van der Waals surface area contributed by atoms with Crippen molar-refractivity contribution in [2.45, 2.75) is 381 Å². The standard InChI is InChI=1S/C71H138O17P2/c1-7-9-11-13-15-16-17-18-19-20-21-22-25-29-32-36-43-49-55-70(75)87-66(60-82-69(74)54-48-42-35-31-28-26-23-24-27-30-34-39-45-51-63(3)4)61-85-89(77,78)83-57-65(72)58-84-90(79,80)86-62-67(59-81-68(73)53-47-41-33-14-12-10-8-2)88-71(76)56-50-44-38-37-40-46-52-64(5)6/h63-67,72H,7-62H2,1-6H3,(H,77,78)(H,79,80)/t65-,66-,67-/m1/s1. The zero-order valence-electron chi connectivity index (χ0n) is 58.4. The molecule has 2 unspecified atom stereocenters. The zero-order valence-corrected chi connectivity index (χ0v) is 60.2. The van der Waals surface area contributed by atoms with Crippen molar-refractivity contribution in [3.8, 4) is 0 Å². The highest BCUT2D eigenvalue weighted by molar-refractivity contribution is 7.47. The summed E-state index contributed by atoms with van der Waals surface area (Å²) in [5, 5.41) is 10.6. The molecule has 0 aliphatic heterocycles. The molecule has 0 aliphatic carbocycles. The fraction of sp³-hybridized carbons (Fsp3) is 0.944. The first-order valence-corrected chi connectivity index (χ1v) is 40.0. The van der Waals surface area contributed by atoms with Crippen LogP contribution in [0.25, 0.3) is 0 Å². The predicted molar refractivity (Wildman–Crippen MR) is 363 cm³/mol. The van der Waals surface area contributed by atoms with Gasteiger partial charge in [-0.25, -0.2) is 9.13 Å². The Morgan fingerprint density at radius 1 is 0.300 bits per heavy atom. The van der Waals surface area contributed by atoms with E-state index in [0.29, 0.717) is 31.6 Å². The second kappa shape index (κ2) is 63.1. The van der Waals surface area contributed by atoms with Crippen LogP contribution in [0.4, 0.5) is 0 Å². The second-order valence-corrected chi connectivity index (χ2v) is 29.5. The number of phosphoric ester groups is 2. The molecule has 17 nitrogen and oxygen atoms in total. The Morgan fingerprint density at radius 2 is 0.511 bits per heavy atom. The van der Waals surface area contributed by atoms with Crippen LogP contribution in [0, 0.1) is 11.8 Å². The lowest BCUT2D eigenvalue weighted by molar-refractivity contribution is -0.161. The summed E-state index contributed by atoms with van der Waals surface area (Å²) in [6.45, 7) is 9.44. The molecule has 0 aromatic rings. The van der Waals surface area contributed by atoms with E-state index in [2.05, 4.69) is 41.5 Å². The van der Waals surface area contributed by atoms with Crippen molar-refractivity contribution in [3.05, 3.63) is 0 Å². The van der Waals surface area contributed by atoms with Crippen LogP contribution in [0.5, 0.6) is 0 Å². The summed E-state index contributed by atoms with van der Waals surface area (Å²) >= 11 is 0. The number of ether oxygens (including phenoxy) is 4. The zero-order chi connectivity index (χ0) is 66.5. The summed E-state index contributed by atoms with van der Waals surface area (Å²) in [6, 6.07) is 0. The van der Waals surface area contributed by atoms with Gasteiger partial charge in [-0.3, -0.25) is 37.3 Å². The van der Waals surface area contributed by atoms with Gasteiger partial charge in [0, 0.05) is 25.7 Å². The number of unbranched alkanes of at least 4 members (excludes halogenated alkanes) is 40. The number of hydrogen-bond donors (Lipinski definition) is 3. The van der Waals surface area contributed by atoms with Crippen molar-refractivity contribution in [1.29, 1.82) is 0 Å². The summed E-state index contributed by atoms with van der Waals surface area (Å²) in [4.78, 5) is 72.4. The fourth-order valence-electron chi connectivity index (χ4n) is 10.8. The molecule has 0 amide bonds. The Morgan fingerprint density at radius 3 is 0.756 bits per heavy atom. The molecule has 0 radical (unpaired) electrons. The molecule has 0 spiro atoms. The lowest BCUT2D eigenvalue weighted by atomic mass is 10.0. The summed E-state index contributed by atoms with van der Waals surface area (Å²) in [5.74, 6) is -0.671. The third kappa shape index (κ3) is 64.8. The summed E-state index contributed by atoms with van der Waals surface area (Å²) in [5.41, 5.74) is 0. The van der Waals surface area contributed by atoms with Gasteiger partial charge < -0.3 is 33.8 Å². The van der Waals surface area contributed by atoms with E-state index in [4.69, 9.17) is 37.0 Å². The van der Waals surface area contributed by atoms with Gasteiger partial charge in [0.2, 0.25) is 0 Å². The van der Waals surface area contributed by atoms with Gasteiger partial charge in [0.1, 0.15) is 19.3 Å². The van der Waals surface area contributed by atoms with Gasteiger partial charge in [-0.2, -0.15) is 0 Å². The molecule has 0 saturated carbocycles. The smallest absolute Gasteiger partial charge is 0.462 e. The maximum absolute atomic E-state index is 13.0. The normalized spacial score (nSPS) is 14.1. The molecule has 90 heavy (non-hydrogen) atoms. The first-order chi connectivity index (χ1) is 43.4. The number of phosphoric acid groups is 2. The van der Waals surface area contributed by atoms with Crippen molar-refractivity contribution in [2.75, 3.05) is 39.6 Å². The van der Waals surface area contributed by atoms with Crippen molar-refractivity contribution in [2.24, 2.45) is 11.8 Å². The van der Waals surface area contributed by atoms with Crippen LogP contribution in [0.3, 0.4) is 0 Å². The largest absolute Gasteiger partial charge is 0.472 e. The third-order valence-corrected chi connectivity index (χ3v) is 18.4. The highest BCUT2D eigenvalue weighted by Gasteiger charge is 2.30. The van der Waals surface area contributed by atoms with Crippen LogP contribution >= 0.6 is 15.6 Å². The van der Waals surface area contributed by atoms with Crippen LogP contribution in [0.1, 0.15) is 363 Å². The second-order valence-electron chi connectivity index (χ2n) is 26.6. The van der Waals surface area contributed by atoms with Gasteiger partial charge in [0.15, 0.2) is 12.2 Å². The molecule has 5 atom stereocenters. The SMILES string of the molecule is CCCCCCCCCCCCCCCCCCCCC(=O)O[C@H](COC(=O)CCCCCCCCCCCCCCCC(C)C)COP(=O)(O)OC[C@@H](O)COP(=O)(O)OC[C@@H](COC(=O)CCCCCCCCC)OC(=O)CCCCCCCCC(C)C. The topological polar surface area (TPSA) is 237 Å². The first-order valence-electron chi connectivity index (χ1n) is 37.0. The number of carbonyl (C=O) groups is 4. The van der Waals surface area contributed by atoms with Gasteiger partial charge in [-0.05, 0) is 37.5 Å². The van der Waals surface area contributed by atoms with E-state index in [9.17, 15) is 43.2 Å². The molecule has 534 valence electrons. The Hall–Kier alpha value is -1.94. The molecular weight excluding hydrogens is 1190 g/mol. The lowest BCUT2D eigenvalue weighted by Gasteiger charge is -2.21. The van der Waals surface area contributed by atoms with Crippen LogP contribution < -0.4 is 0 Å². The highest BCUT2D eigenvalue weighted by Crippen LogP contribution is 2.45. The van der Waals surface area contributed by atoms with Gasteiger partial charge in [-0.1, -0.05) is 311 Å².